The van der Waals surface area contributed by atoms with Gasteiger partial charge in [0.05, 0.1) is 5.57 Å². The molecule has 1 fully saturated rings. The lowest BCUT2D eigenvalue weighted by molar-refractivity contribution is -0.132. The van der Waals surface area contributed by atoms with Crippen LogP contribution in [-0.2, 0) is 9.59 Å². The second-order valence-corrected chi connectivity index (χ2v) is 7.80. The fourth-order valence-electron chi connectivity index (χ4n) is 3.12. The maximum absolute atomic E-state index is 14.6. The maximum atomic E-state index is 14.6. The number of hydrogen-bond donors (Lipinski definition) is 1. The molecule has 8 heteroatoms. The number of benzene rings is 2. The zero-order valence-corrected chi connectivity index (χ0v) is 16.6. The molecule has 2 aromatic carbocycles. The zero-order valence-electron chi connectivity index (χ0n) is 14.2. The molecular formula is C20H12BrFN2O3S. The van der Waals surface area contributed by atoms with Gasteiger partial charge in [-0.25, -0.2) is 9.37 Å². The molecule has 140 valence electrons. The molecule has 2 heterocycles. The monoisotopic (exact) mass is 458 g/mol. The first-order chi connectivity index (χ1) is 13.5. The van der Waals surface area contributed by atoms with Crippen LogP contribution in [0.15, 0.2) is 70.2 Å². The van der Waals surface area contributed by atoms with E-state index in [0.29, 0.717) is 5.56 Å². The van der Waals surface area contributed by atoms with Crippen molar-refractivity contribution in [3.8, 4) is 0 Å². The van der Waals surface area contributed by atoms with Gasteiger partial charge in [-0.15, -0.1) is 11.3 Å². The Balaban J connectivity index is 1.96. The number of amides is 1. The number of carbonyl (C=O) groups is 2. The molecule has 28 heavy (non-hydrogen) atoms. The molecule has 1 amide bonds. The summed E-state index contributed by atoms with van der Waals surface area (Å²) in [6.45, 7) is 0. The highest BCUT2D eigenvalue weighted by molar-refractivity contribution is 9.10. The molecule has 0 aliphatic carbocycles. The predicted molar refractivity (Wildman–Crippen MR) is 107 cm³/mol. The topological polar surface area (TPSA) is 70.5 Å². The van der Waals surface area contributed by atoms with Crippen LogP contribution in [0.25, 0.3) is 5.76 Å². The van der Waals surface area contributed by atoms with Crippen LogP contribution in [0.3, 0.4) is 0 Å². The molecule has 1 aromatic heterocycles. The van der Waals surface area contributed by atoms with E-state index in [1.54, 1.807) is 35.7 Å². The maximum Gasteiger partial charge on any atom is 0.301 e. The van der Waals surface area contributed by atoms with Crippen molar-refractivity contribution < 1.29 is 19.1 Å². The van der Waals surface area contributed by atoms with E-state index >= 15 is 0 Å². The first-order valence-electron chi connectivity index (χ1n) is 8.20. The van der Waals surface area contributed by atoms with Gasteiger partial charge in [-0.05, 0) is 18.2 Å². The minimum absolute atomic E-state index is 0.107. The van der Waals surface area contributed by atoms with E-state index in [9.17, 15) is 19.1 Å². The van der Waals surface area contributed by atoms with Gasteiger partial charge in [0.25, 0.3) is 5.78 Å². The Labute approximate surface area is 171 Å². The minimum atomic E-state index is -1.11. The highest BCUT2D eigenvalue weighted by Gasteiger charge is 2.48. The summed E-state index contributed by atoms with van der Waals surface area (Å²) in [6, 6.07) is 11.4. The summed E-state index contributed by atoms with van der Waals surface area (Å²) in [6.07, 6.45) is 1.49. The fraction of sp³-hybridized carbons (Fsp3) is 0.0500. The summed E-state index contributed by atoms with van der Waals surface area (Å²) in [5.41, 5.74) is 0.282. The van der Waals surface area contributed by atoms with Gasteiger partial charge in [-0.2, -0.15) is 0 Å². The van der Waals surface area contributed by atoms with Gasteiger partial charge in [0.2, 0.25) is 0 Å². The number of rotatable bonds is 3. The number of anilines is 1. The number of aliphatic hydroxyl groups excluding tert-OH is 1. The average Bonchev–Trinajstić information content (AvgIpc) is 3.30. The SMILES string of the molecule is O=C1C(=O)N(c2nccs2)[C@@H](c2ccccc2F)/C1=C(\O)c1ccc(Br)cc1. The number of hydrogen-bond acceptors (Lipinski definition) is 5. The van der Waals surface area contributed by atoms with E-state index in [2.05, 4.69) is 20.9 Å². The highest BCUT2D eigenvalue weighted by Crippen LogP contribution is 2.43. The molecule has 4 rings (SSSR count). The number of Topliss-reactive ketones (excluding diaryl/α,β-unsaturated/α-hetero) is 1. The van der Waals surface area contributed by atoms with Crippen LogP contribution in [0.4, 0.5) is 9.52 Å². The van der Waals surface area contributed by atoms with Gasteiger partial charge in [0.15, 0.2) is 5.13 Å². The van der Waals surface area contributed by atoms with Crippen LogP contribution >= 0.6 is 27.3 Å². The van der Waals surface area contributed by atoms with Gasteiger partial charge in [0.1, 0.15) is 17.6 Å². The summed E-state index contributed by atoms with van der Waals surface area (Å²) < 4.78 is 15.4. The molecule has 3 aromatic rings. The third-order valence-electron chi connectivity index (χ3n) is 4.39. The van der Waals surface area contributed by atoms with E-state index in [4.69, 9.17) is 0 Å². The Morgan fingerprint density at radius 1 is 1.14 bits per heavy atom. The Morgan fingerprint density at radius 2 is 1.86 bits per heavy atom. The molecule has 1 aliphatic heterocycles. The summed E-state index contributed by atoms with van der Waals surface area (Å²) in [5.74, 6) is -2.69. The minimum Gasteiger partial charge on any atom is -0.507 e. The average molecular weight is 459 g/mol. The molecule has 1 atom stereocenters. The third-order valence-corrected chi connectivity index (χ3v) is 5.69. The molecule has 5 nitrogen and oxygen atoms in total. The quantitative estimate of drug-likeness (QED) is 0.351. The first kappa shape index (κ1) is 18.5. The Morgan fingerprint density at radius 3 is 2.50 bits per heavy atom. The molecule has 0 radical (unpaired) electrons. The van der Waals surface area contributed by atoms with Crippen LogP contribution in [0.2, 0.25) is 0 Å². The Kier molecular flexibility index (Phi) is 4.82. The van der Waals surface area contributed by atoms with E-state index in [-0.39, 0.29) is 22.0 Å². The number of halogens is 2. The lowest BCUT2D eigenvalue weighted by Gasteiger charge is -2.23. The molecule has 1 aliphatic rings. The highest BCUT2D eigenvalue weighted by atomic mass is 79.9. The number of ketones is 1. The molecular weight excluding hydrogens is 447 g/mol. The van der Waals surface area contributed by atoms with E-state index in [1.807, 2.05) is 0 Å². The number of aromatic nitrogens is 1. The molecule has 0 saturated carbocycles. The van der Waals surface area contributed by atoms with Gasteiger partial charge in [-0.1, -0.05) is 46.3 Å². The number of nitrogens with zero attached hydrogens (tertiary/aromatic N) is 2. The van der Waals surface area contributed by atoms with E-state index in [0.717, 1.165) is 20.7 Å². The first-order valence-corrected chi connectivity index (χ1v) is 9.87. The van der Waals surface area contributed by atoms with Crippen molar-refractivity contribution >= 4 is 49.8 Å². The van der Waals surface area contributed by atoms with Gasteiger partial charge in [0, 0.05) is 27.2 Å². The van der Waals surface area contributed by atoms with Crippen molar-refractivity contribution in [1.29, 1.82) is 0 Å². The lowest BCUT2D eigenvalue weighted by Crippen LogP contribution is -2.29. The van der Waals surface area contributed by atoms with Crippen LogP contribution in [-0.4, -0.2) is 21.8 Å². The smallest absolute Gasteiger partial charge is 0.301 e. The van der Waals surface area contributed by atoms with Crippen LogP contribution in [0.5, 0.6) is 0 Å². The second kappa shape index (κ2) is 7.29. The number of carbonyl (C=O) groups excluding carboxylic acids is 2. The molecule has 1 saturated heterocycles. The third kappa shape index (κ3) is 3.04. The van der Waals surface area contributed by atoms with Crippen LogP contribution < -0.4 is 4.90 Å². The van der Waals surface area contributed by atoms with Crippen molar-refractivity contribution in [1.82, 2.24) is 4.98 Å². The lowest BCUT2D eigenvalue weighted by atomic mass is 9.95. The molecule has 0 spiro atoms. The summed E-state index contributed by atoms with van der Waals surface area (Å²) in [4.78, 5) is 30.8. The molecule has 0 bridgehead atoms. The van der Waals surface area contributed by atoms with Crippen molar-refractivity contribution in [2.45, 2.75) is 6.04 Å². The van der Waals surface area contributed by atoms with Crippen molar-refractivity contribution in [3.63, 3.8) is 0 Å². The van der Waals surface area contributed by atoms with E-state index in [1.165, 1.54) is 24.4 Å². The number of aliphatic hydroxyl groups is 1. The molecule has 1 N–H and O–H groups in total. The van der Waals surface area contributed by atoms with Crippen LogP contribution in [0.1, 0.15) is 17.2 Å². The normalized spacial score (nSPS) is 18.6. The van der Waals surface area contributed by atoms with Crippen molar-refractivity contribution in [3.05, 3.63) is 87.1 Å². The fourth-order valence-corrected chi connectivity index (χ4v) is 4.05. The zero-order chi connectivity index (χ0) is 19.8. The van der Waals surface area contributed by atoms with Crippen molar-refractivity contribution in [2.24, 2.45) is 0 Å². The molecule has 0 unspecified atom stereocenters. The van der Waals surface area contributed by atoms with Gasteiger partial charge < -0.3 is 5.11 Å². The number of thiazole rings is 1. The Bertz CT molecular complexity index is 1100. The second-order valence-electron chi connectivity index (χ2n) is 6.01. The summed E-state index contributed by atoms with van der Waals surface area (Å²) in [7, 11) is 0. The largest absolute Gasteiger partial charge is 0.507 e. The summed E-state index contributed by atoms with van der Waals surface area (Å²) >= 11 is 4.46. The standard InChI is InChI=1S/C20H12BrFN2O3S/c21-12-7-5-11(6-8-12)17(25)15-16(13-3-1-2-4-14(13)22)24(19(27)18(15)26)20-23-9-10-28-20/h1-10,16,25H/b17-15+/t16-/m0/s1. The predicted octanol–water partition coefficient (Wildman–Crippen LogP) is 4.67. The van der Waals surface area contributed by atoms with Gasteiger partial charge >= 0.3 is 5.91 Å². The van der Waals surface area contributed by atoms with Gasteiger partial charge in [-0.3, -0.25) is 14.5 Å². The Hall–Kier alpha value is -2.84. The van der Waals surface area contributed by atoms with Crippen molar-refractivity contribution in [2.75, 3.05) is 4.90 Å². The summed E-state index contributed by atoms with van der Waals surface area (Å²) in [5, 5.41) is 12.8. The van der Waals surface area contributed by atoms with E-state index < -0.39 is 23.5 Å². The van der Waals surface area contributed by atoms with Crippen LogP contribution in [0, 0.1) is 5.82 Å².